The molecule has 3 fully saturated rings. The quantitative estimate of drug-likeness (QED) is 0.782. The Morgan fingerprint density at radius 2 is 1.83 bits per heavy atom. The zero-order valence-electron chi connectivity index (χ0n) is 17.4. The van der Waals surface area contributed by atoms with Crippen LogP contribution in [-0.4, -0.2) is 66.8 Å². The molecule has 1 aromatic rings. The van der Waals surface area contributed by atoms with Crippen molar-refractivity contribution in [3.05, 3.63) is 29.3 Å². The fourth-order valence-electron chi connectivity index (χ4n) is 4.90. The van der Waals surface area contributed by atoms with Gasteiger partial charge in [0.15, 0.2) is 0 Å². The Hall–Kier alpha value is -1.80. The second kappa shape index (κ2) is 8.04. The maximum Gasteiger partial charge on any atom is 0.416 e. The number of benzene rings is 1. The summed E-state index contributed by atoms with van der Waals surface area (Å²) < 4.78 is 45.4. The molecular formula is C22H29F3N2O3. The lowest BCUT2D eigenvalue weighted by atomic mass is 9.77. The van der Waals surface area contributed by atoms with Crippen molar-refractivity contribution in [1.82, 2.24) is 9.80 Å². The predicted molar refractivity (Wildman–Crippen MR) is 105 cm³/mol. The number of fused-ring (bicyclic) bond motifs is 1. The number of halogens is 3. The van der Waals surface area contributed by atoms with Gasteiger partial charge in [0.25, 0.3) is 5.91 Å². The van der Waals surface area contributed by atoms with Gasteiger partial charge in [0, 0.05) is 31.3 Å². The van der Waals surface area contributed by atoms with E-state index in [1.165, 1.54) is 12.8 Å². The van der Waals surface area contributed by atoms with Crippen LogP contribution in [0, 0.1) is 17.8 Å². The van der Waals surface area contributed by atoms with Crippen molar-refractivity contribution in [2.75, 3.05) is 33.8 Å². The molecule has 4 rings (SSSR count). The number of nitrogens with zero attached hydrogens (tertiary/aromatic N) is 2. The smallest absolute Gasteiger partial charge is 0.416 e. The molecular weight excluding hydrogens is 397 g/mol. The largest absolute Gasteiger partial charge is 0.508 e. The summed E-state index contributed by atoms with van der Waals surface area (Å²) in [6.45, 7) is 1.84. The van der Waals surface area contributed by atoms with E-state index in [0.717, 1.165) is 31.6 Å². The van der Waals surface area contributed by atoms with Gasteiger partial charge in [0.2, 0.25) is 0 Å². The molecule has 2 aliphatic carbocycles. The third kappa shape index (κ3) is 4.59. The number of aromatic hydroxyl groups is 1. The van der Waals surface area contributed by atoms with Crippen LogP contribution in [0.4, 0.5) is 13.2 Å². The lowest BCUT2D eigenvalue weighted by Gasteiger charge is -2.41. The van der Waals surface area contributed by atoms with Crippen LogP contribution in [0.1, 0.15) is 41.6 Å². The molecule has 0 unspecified atom stereocenters. The normalized spacial score (nSPS) is 29.3. The molecule has 0 bridgehead atoms. The molecule has 1 aliphatic heterocycles. The van der Waals surface area contributed by atoms with Crippen LogP contribution in [0.2, 0.25) is 0 Å². The number of carbonyl (C=O) groups excluding carboxylic acids is 1. The van der Waals surface area contributed by atoms with Gasteiger partial charge >= 0.3 is 6.18 Å². The summed E-state index contributed by atoms with van der Waals surface area (Å²) in [5.41, 5.74) is -1.13. The van der Waals surface area contributed by atoms with Crippen molar-refractivity contribution in [1.29, 1.82) is 0 Å². The SMILES string of the molecule is CN(C)[C@@H]1C[C@@H]2CN(C(=O)c3cc(O)cc(C(F)(F)F)c3)C[C@@H]2C[C@H]1OCC1CC1. The molecule has 0 spiro atoms. The molecule has 1 saturated heterocycles. The summed E-state index contributed by atoms with van der Waals surface area (Å²) in [4.78, 5) is 16.8. The molecule has 30 heavy (non-hydrogen) atoms. The van der Waals surface area contributed by atoms with E-state index in [2.05, 4.69) is 4.90 Å². The maximum absolute atomic E-state index is 13.1. The van der Waals surface area contributed by atoms with Crippen LogP contribution in [0.3, 0.4) is 0 Å². The van der Waals surface area contributed by atoms with Crippen LogP contribution in [0.25, 0.3) is 0 Å². The first kappa shape index (κ1) is 21.4. The number of likely N-dealkylation sites (tertiary alicyclic amines) is 1. The highest BCUT2D eigenvalue weighted by atomic mass is 19.4. The van der Waals surface area contributed by atoms with Gasteiger partial charge < -0.3 is 19.6 Å². The Bertz CT molecular complexity index is 794. The average Bonchev–Trinajstić information content (AvgIpc) is 3.41. The molecule has 2 saturated carbocycles. The van der Waals surface area contributed by atoms with Crippen molar-refractivity contribution < 1.29 is 27.8 Å². The number of amides is 1. The van der Waals surface area contributed by atoms with Gasteiger partial charge in [-0.25, -0.2) is 0 Å². The first-order valence-corrected chi connectivity index (χ1v) is 10.6. The second-order valence-electron chi connectivity index (χ2n) is 9.31. The van der Waals surface area contributed by atoms with E-state index in [1.807, 2.05) is 14.1 Å². The molecule has 1 aromatic carbocycles. The lowest BCUT2D eigenvalue weighted by molar-refractivity contribution is -0.137. The number of hydrogen-bond acceptors (Lipinski definition) is 4. The van der Waals surface area contributed by atoms with Gasteiger partial charge in [-0.1, -0.05) is 0 Å². The van der Waals surface area contributed by atoms with E-state index in [4.69, 9.17) is 4.74 Å². The third-order valence-electron chi connectivity index (χ3n) is 6.77. The van der Waals surface area contributed by atoms with Crippen LogP contribution in [-0.2, 0) is 10.9 Å². The minimum absolute atomic E-state index is 0.119. The number of alkyl halides is 3. The third-order valence-corrected chi connectivity index (χ3v) is 6.77. The topological polar surface area (TPSA) is 53.0 Å². The Morgan fingerprint density at radius 1 is 1.17 bits per heavy atom. The van der Waals surface area contributed by atoms with Crippen LogP contribution < -0.4 is 0 Å². The van der Waals surface area contributed by atoms with Crippen molar-refractivity contribution in [3.8, 4) is 5.75 Å². The zero-order valence-corrected chi connectivity index (χ0v) is 17.4. The van der Waals surface area contributed by atoms with Crippen molar-refractivity contribution in [2.45, 2.75) is 44.0 Å². The fourth-order valence-corrected chi connectivity index (χ4v) is 4.90. The van der Waals surface area contributed by atoms with Crippen LogP contribution >= 0.6 is 0 Å². The van der Waals surface area contributed by atoms with Crippen LogP contribution in [0.15, 0.2) is 18.2 Å². The van der Waals surface area contributed by atoms with E-state index in [-0.39, 0.29) is 23.6 Å². The number of ether oxygens (including phenoxy) is 1. The Balaban J connectivity index is 1.46. The highest BCUT2D eigenvalue weighted by molar-refractivity contribution is 5.95. The molecule has 0 radical (unpaired) electrons. The standard InChI is InChI=1S/C22H29F3N2O3/c1-26(2)19-7-15-10-27(11-16(15)8-20(19)30-12-13-3-4-13)21(29)14-5-17(22(23,24)25)9-18(28)6-14/h5-6,9,13,15-16,19-20,28H,3-4,7-8,10-12H2,1-2H3/t15-,16+,19-,20-/m1/s1. The fraction of sp³-hybridized carbons (Fsp3) is 0.682. The molecule has 4 atom stereocenters. The first-order chi connectivity index (χ1) is 14.1. The Kier molecular flexibility index (Phi) is 5.74. The molecule has 0 aromatic heterocycles. The highest BCUT2D eigenvalue weighted by Gasteiger charge is 2.45. The summed E-state index contributed by atoms with van der Waals surface area (Å²) in [5.74, 6) is 0.268. The maximum atomic E-state index is 13.1. The minimum atomic E-state index is -4.61. The Labute approximate surface area is 174 Å². The first-order valence-electron chi connectivity index (χ1n) is 10.6. The molecule has 3 aliphatic rings. The highest BCUT2D eigenvalue weighted by Crippen LogP contribution is 2.41. The number of phenolic OH excluding ortho intramolecular Hbond substituents is 1. The summed E-state index contributed by atoms with van der Waals surface area (Å²) in [5, 5.41) is 9.70. The van der Waals surface area contributed by atoms with E-state index in [9.17, 15) is 23.1 Å². The van der Waals surface area contributed by atoms with Gasteiger partial charge in [-0.05, 0) is 75.7 Å². The molecule has 1 heterocycles. The van der Waals surface area contributed by atoms with Gasteiger partial charge in [-0.15, -0.1) is 0 Å². The van der Waals surface area contributed by atoms with E-state index >= 15 is 0 Å². The van der Waals surface area contributed by atoms with E-state index in [1.54, 1.807) is 4.90 Å². The lowest BCUT2D eigenvalue weighted by Crippen LogP contribution is -2.48. The molecule has 166 valence electrons. The minimum Gasteiger partial charge on any atom is -0.508 e. The monoisotopic (exact) mass is 426 g/mol. The number of carbonyl (C=O) groups is 1. The van der Waals surface area contributed by atoms with Crippen molar-refractivity contribution >= 4 is 5.91 Å². The number of likely N-dealkylation sites (N-methyl/N-ethyl adjacent to an activating group) is 1. The van der Waals surface area contributed by atoms with Crippen LogP contribution in [0.5, 0.6) is 5.75 Å². The van der Waals surface area contributed by atoms with Gasteiger partial charge in [-0.3, -0.25) is 4.79 Å². The zero-order chi connectivity index (χ0) is 21.6. The van der Waals surface area contributed by atoms with Crippen molar-refractivity contribution in [3.63, 3.8) is 0 Å². The van der Waals surface area contributed by atoms with Crippen molar-refractivity contribution in [2.24, 2.45) is 17.8 Å². The Morgan fingerprint density at radius 3 is 2.43 bits per heavy atom. The van der Waals surface area contributed by atoms with Gasteiger partial charge in [-0.2, -0.15) is 13.2 Å². The second-order valence-corrected chi connectivity index (χ2v) is 9.31. The summed E-state index contributed by atoms with van der Waals surface area (Å²) in [7, 11) is 4.09. The molecule has 1 N–H and O–H groups in total. The molecule has 1 amide bonds. The van der Waals surface area contributed by atoms with E-state index in [0.29, 0.717) is 31.0 Å². The van der Waals surface area contributed by atoms with Gasteiger partial charge in [0.1, 0.15) is 5.75 Å². The number of rotatable bonds is 5. The number of phenols is 1. The molecule has 8 heteroatoms. The summed E-state index contributed by atoms with van der Waals surface area (Å²) in [6, 6.07) is 2.86. The van der Waals surface area contributed by atoms with E-state index < -0.39 is 23.4 Å². The number of hydrogen-bond donors (Lipinski definition) is 1. The predicted octanol–water partition coefficient (Wildman–Crippen LogP) is 3.62. The molecule has 5 nitrogen and oxygen atoms in total. The summed E-state index contributed by atoms with van der Waals surface area (Å²) in [6.07, 6.45) is -0.260. The average molecular weight is 426 g/mol. The summed E-state index contributed by atoms with van der Waals surface area (Å²) >= 11 is 0. The van der Waals surface area contributed by atoms with Gasteiger partial charge in [0.05, 0.1) is 11.7 Å².